The number of rotatable bonds is 3. The summed E-state index contributed by atoms with van der Waals surface area (Å²) in [5.41, 5.74) is 0.615. The minimum Gasteiger partial charge on any atom is -0.380 e. The smallest absolute Gasteiger partial charge is 0.166 e. The average molecular weight is 188 g/mol. The summed E-state index contributed by atoms with van der Waals surface area (Å²) in [6.45, 7) is 1.64. The Hall–Kier alpha value is -1.59. The van der Waals surface area contributed by atoms with Crippen molar-refractivity contribution in [3.63, 3.8) is 0 Å². The first-order valence-electron chi connectivity index (χ1n) is 4.42. The van der Waals surface area contributed by atoms with Crippen molar-refractivity contribution in [2.45, 2.75) is 19.4 Å². The number of hydrogen-bond acceptors (Lipinski definition) is 2. The van der Waals surface area contributed by atoms with Crippen LogP contribution in [0.2, 0.25) is 0 Å². The van der Waals surface area contributed by atoms with E-state index in [9.17, 15) is 9.90 Å². The monoisotopic (exact) mass is 188 g/mol. The number of carbonyl (C=O) groups excluding carboxylic acids is 1. The number of hydrogen-bond donors (Lipinski definition) is 1. The number of aliphatic hydroxyl groups excluding tert-OH is 1. The third kappa shape index (κ3) is 3.04. The molecule has 1 unspecified atom stereocenters. The lowest BCUT2D eigenvalue weighted by molar-refractivity contribution is 0.0928. The molecular formula is C12H12O2. The first-order valence-corrected chi connectivity index (χ1v) is 4.42. The fourth-order valence-electron chi connectivity index (χ4n) is 1.14. The average Bonchev–Trinajstić information content (AvgIpc) is 2.19. The van der Waals surface area contributed by atoms with Crippen molar-refractivity contribution in [3.05, 3.63) is 35.9 Å². The third-order valence-electron chi connectivity index (χ3n) is 1.79. The van der Waals surface area contributed by atoms with Crippen LogP contribution in [-0.2, 0) is 0 Å². The van der Waals surface area contributed by atoms with Gasteiger partial charge in [-0.25, -0.2) is 0 Å². The van der Waals surface area contributed by atoms with E-state index >= 15 is 0 Å². The molecule has 1 rings (SSSR count). The molecule has 0 amide bonds. The van der Waals surface area contributed by atoms with E-state index in [1.807, 2.05) is 6.07 Å². The van der Waals surface area contributed by atoms with Gasteiger partial charge in [-0.1, -0.05) is 36.3 Å². The fraction of sp³-hybridized carbons (Fsp3) is 0.250. The Balaban J connectivity index is 2.62. The van der Waals surface area contributed by atoms with Gasteiger partial charge in [0.2, 0.25) is 0 Å². The summed E-state index contributed by atoms with van der Waals surface area (Å²) in [6, 6.07) is 8.90. The largest absolute Gasteiger partial charge is 0.380 e. The van der Waals surface area contributed by atoms with Gasteiger partial charge in [-0.15, -0.1) is 5.92 Å². The highest BCUT2D eigenvalue weighted by molar-refractivity contribution is 5.96. The predicted octanol–water partition coefficient (Wildman–Crippen LogP) is 1.64. The molecule has 0 aliphatic rings. The van der Waals surface area contributed by atoms with Crippen LogP contribution in [0.4, 0.5) is 0 Å². The topological polar surface area (TPSA) is 37.3 Å². The Bertz CT molecular complexity index is 357. The van der Waals surface area contributed by atoms with Gasteiger partial charge in [-0.3, -0.25) is 4.79 Å². The summed E-state index contributed by atoms with van der Waals surface area (Å²) in [4.78, 5) is 11.5. The Morgan fingerprint density at radius 2 is 2.07 bits per heavy atom. The van der Waals surface area contributed by atoms with Crippen molar-refractivity contribution in [3.8, 4) is 11.8 Å². The van der Waals surface area contributed by atoms with Crippen LogP contribution >= 0.6 is 0 Å². The minimum absolute atomic E-state index is 0.0604. The van der Waals surface area contributed by atoms with Crippen molar-refractivity contribution in [1.29, 1.82) is 0 Å². The molecule has 0 aliphatic carbocycles. The lowest BCUT2D eigenvalue weighted by Gasteiger charge is -2.02. The molecule has 0 spiro atoms. The van der Waals surface area contributed by atoms with E-state index in [1.54, 1.807) is 31.2 Å². The molecule has 0 aliphatic heterocycles. The van der Waals surface area contributed by atoms with Gasteiger partial charge in [0.15, 0.2) is 5.78 Å². The Kier molecular flexibility index (Phi) is 3.90. The number of aliphatic hydroxyl groups is 1. The summed E-state index contributed by atoms with van der Waals surface area (Å²) in [7, 11) is 0. The van der Waals surface area contributed by atoms with Gasteiger partial charge < -0.3 is 5.11 Å². The van der Waals surface area contributed by atoms with Crippen LogP contribution in [0, 0.1) is 11.8 Å². The number of ketones is 1. The highest BCUT2D eigenvalue weighted by Gasteiger charge is 2.09. The maximum atomic E-state index is 11.5. The second kappa shape index (κ2) is 5.21. The molecule has 0 saturated heterocycles. The molecule has 1 aromatic rings. The molecule has 0 radical (unpaired) electrons. The van der Waals surface area contributed by atoms with Crippen molar-refractivity contribution in [2.24, 2.45) is 0 Å². The van der Waals surface area contributed by atoms with E-state index in [4.69, 9.17) is 0 Å². The molecule has 0 heterocycles. The maximum absolute atomic E-state index is 11.5. The van der Waals surface area contributed by atoms with E-state index in [2.05, 4.69) is 11.8 Å². The molecule has 1 aromatic carbocycles. The lowest BCUT2D eigenvalue weighted by Crippen LogP contribution is -2.11. The lowest BCUT2D eigenvalue weighted by atomic mass is 10.1. The summed E-state index contributed by atoms with van der Waals surface area (Å²) in [5.74, 6) is 5.02. The van der Waals surface area contributed by atoms with Crippen LogP contribution in [0.15, 0.2) is 30.3 Å². The SMILES string of the molecule is CC#CC(O)CC(=O)c1ccccc1. The van der Waals surface area contributed by atoms with E-state index in [0.717, 1.165) is 0 Å². The predicted molar refractivity (Wildman–Crippen MR) is 54.8 cm³/mol. The second-order valence-electron chi connectivity index (χ2n) is 2.90. The highest BCUT2D eigenvalue weighted by atomic mass is 16.3. The van der Waals surface area contributed by atoms with Crippen LogP contribution < -0.4 is 0 Å². The normalized spacial score (nSPS) is 11.3. The Morgan fingerprint density at radius 1 is 1.43 bits per heavy atom. The summed E-state index contributed by atoms with van der Waals surface area (Å²) in [5, 5.41) is 9.29. The van der Waals surface area contributed by atoms with E-state index in [0.29, 0.717) is 5.56 Å². The zero-order chi connectivity index (χ0) is 10.4. The zero-order valence-electron chi connectivity index (χ0n) is 8.03. The highest BCUT2D eigenvalue weighted by Crippen LogP contribution is 2.04. The van der Waals surface area contributed by atoms with Crippen molar-refractivity contribution >= 4 is 5.78 Å². The summed E-state index contributed by atoms with van der Waals surface area (Å²) >= 11 is 0. The summed E-state index contributed by atoms with van der Waals surface area (Å²) in [6.07, 6.45) is -0.794. The first kappa shape index (κ1) is 10.5. The molecular weight excluding hydrogens is 176 g/mol. The zero-order valence-corrected chi connectivity index (χ0v) is 8.03. The standard InChI is InChI=1S/C12H12O2/c1-2-6-11(13)9-12(14)10-7-4-3-5-8-10/h3-5,7-8,11,13H,9H2,1H3. The molecule has 1 atom stereocenters. The van der Waals surface area contributed by atoms with Crippen LogP contribution in [0.5, 0.6) is 0 Å². The molecule has 2 nitrogen and oxygen atoms in total. The molecule has 0 fully saturated rings. The number of benzene rings is 1. The molecule has 1 N–H and O–H groups in total. The molecule has 2 heteroatoms. The molecule has 0 saturated carbocycles. The molecule has 72 valence electrons. The number of carbonyl (C=O) groups is 1. The third-order valence-corrected chi connectivity index (χ3v) is 1.79. The minimum atomic E-state index is -0.854. The van der Waals surface area contributed by atoms with Crippen molar-refractivity contribution in [1.82, 2.24) is 0 Å². The Morgan fingerprint density at radius 3 is 2.64 bits per heavy atom. The van der Waals surface area contributed by atoms with Gasteiger partial charge in [0.25, 0.3) is 0 Å². The fourth-order valence-corrected chi connectivity index (χ4v) is 1.14. The van der Waals surface area contributed by atoms with Gasteiger partial charge in [-0.05, 0) is 6.92 Å². The van der Waals surface area contributed by atoms with Crippen LogP contribution in [-0.4, -0.2) is 17.0 Å². The van der Waals surface area contributed by atoms with Crippen LogP contribution in [0.25, 0.3) is 0 Å². The van der Waals surface area contributed by atoms with Crippen molar-refractivity contribution in [2.75, 3.05) is 0 Å². The maximum Gasteiger partial charge on any atom is 0.166 e. The number of Topliss-reactive ketones (excluding diaryl/α,β-unsaturated/α-hetero) is 1. The van der Waals surface area contributed by atoms with Crippen LogP contribution in [0.1, 0.15) is 23.7 Å². The molecule has 14 heavy (non-hydrogen) atoms. The van der Waals surface area contributed by atoms with E-state index in [-0.39, 0.29) is 12.2 Å². The van der Waals surface area contributed by atoms with Crippen LogP contribution in [0.3, 0.4) is 0 Å². The first-order chi connectivity index (χ1) is 6.74. The van der Waals surface area contributed by atoms with Gasteiger partial charge in [0.05, 0.1) is 0 Å². The van der Waals surface area contributed by atoms with E-state index < -0.39 is 6.10 Å². The summed E-state index contributed by atoms with van der Waals surface area (Å²) < 4.78 is 0. The molecule has 0 bridgehead atoms. The van der Waals surface area contributed by atoms with Gasteiger partial charge >= 0.3 is 0 Å². The van der Waals surface area contributed by atoms with Gasteiger partial charge in [0, 0.05) is 12.0 Å². The van der Waals surface area contributed by atoms with E-state index in [1.165, 1.54) is 0 Å². The van der Waals surface area contributed by atoms with Gasteiger partial charge in [0.1, 0.15) is 6.10 Å². The van der Waals surface area contributed by atoms with Crippen molar-refractivity contribution < 1.29 is 9.90 Å². The quantitative estimate of drug-likeness (QED) is 0.578. The molecule has 0 aromatic heterocycles. The Labute approximate surface area is 83.6 Å². The second-order valence-corrected chi connectivity index (χ2v) is 2.90. The van der Waals surface area contributed by atoms with Gasteiger partial charge in [-0.2, -0.15) is 0 Å².